The molecule has 0 saturated heterocycles. The molecule has 104 valence electrons. The van der Waals surface area contributed by atoms with Crippen LogP contribution in [0.5, 0.6) is 0 Å². The minimum absolute atomic E-state index is 0.0531. The number of carbonyl (C=O) groups excluding carboxylic acids is 1. The first kappa shape index (κ1) is 14.0. The van der Waals surface area contributed by atoms with Gasteiger partial charge < -0.3 is 10.3 Å². The van der Waals surface area contributed by atoms with E-state index in [-0.39, 0.29) is 21.5 Å². The van der Waals surface area contributed by atoms with Crippen LogP contribution >= 0.6 is 11.6 Å². The molecular formula is C12H10ClN3O4. The van der Waals surface area contributed by atoms with Crippen LogP contribution in [0, 0.1) is 10.1 Å². The quantitative estimate of drug-likeness (QED) is 0.685. The van der Waals surface area contributed by atoms with Gasteiger partial charge in [-0.15, -0.1) is 0 Å². The van der Waals surface area contributed by atoms with Gasteiger partial charge in [-0.1, -0.05) is 11.6 Å². The van der Waals surface area contributed by atoms with Gasteiger partial charge in [0.05, 0.1) is 15.7 Å². The summed E-state index contributed by atoms with van der Waals surface area (Å²) in [5, 5.41) is 11.2. The highest BCUT2D eigenvalue weighted by Gasteiger charge is 2.21. The van der Waals surface area contributed by atoms with Gasteiger partial charge in [0.25, 0.3) is 11.2 Å². The number of primary amides is 1. The van der Waals surface area contributed by atoms with Gasteiger partial charge >= 0.3 is 0 Å². The predicted octanol–water partition coefficient (Wildman–Crippen LogP) is 1.61. The third-order valence-corrected chi connectivity index (χ3v) is 3.35. The Morgan fingerprint density at radius 2 is 2.05 bits per heavy atom. The number of halogens is 1. The van der Waals surface area contributed by atoms with Crippen LogP contribution in [0.3, 0.4) is 0 Å². The van der Waals surface area contributed by atoms with Gasteiger partial charge in [-0.05, 0) is 25.1 Å². The number of hydrogen-bond acceptors (Lipinski definition) is 4. The smallest absolute Gasteiger partial charge is 0.295 e. The zero-order valence-corrected chi connectivity index (χ0v) is 11.1. The van der Waals surface area contributed by atoms with Crippen molar-refractivity contribution in [3.05, 3.63) is 49.9 Å². The predicted molar refractivity (Wildman–Crippen MR) is 73.8 cm³/mol. The molecule has 0 fully saturated rings. The number of benzene rings is 1. The molecule has 0 aliphatic rings. The molecule has 8 heteroatoms. The SMILES string of the molecule is C[C@H](C(N)=O)n1ccc2c([N+](=O)[O-])c(Cl)ccc2c1=O. The normalized spacial score (nSPS) is 12.3. The largest absolute Gasteiger partial charge is 0.368 e. The van der Waals surface area contributed by atoms with Crippen LogP contribution < -0.4 is 11.3 Å². The molecule has 0 aliphatic heterocycles. The number of nitro benzene ring substituents is 1. The molecule has 2 N–H and O–H groups in total. The van der Waals surface area contributed by atoms with E-state index >= 15 is 0 Å². The topological polar surface area (TPSA) is 108 Å². The molecule has 1 aromatic heterocycles. The number of nitrogens with two attached hydrogens (primary N) is 1. The monoisotopic (exact) mass is 295 g/mol. The highest BCUT2D eigenvalue weighted by atomic mass is 35.5. The summed E-state index contributed by atoms with van der Waals surface area (Å²) in [6.07, 6.45) is 1.30. The number of fused-ring (bicyclic) bond motifs is 1. The summed E-state index contributed by atoms with van der Waals surface area (Å²) in [5.41, 5.74) is 4.29. The maximum atomic E-state index is 12.2. The van der Waals surface area contributed by atoms with Crippen LogP contribution in [-0.4, -0.2) is 15.4 Å². The minimum Gasteiger partial charge on any atom is -0.368 e. The van der Waals surface area contributed by atoms with Crippen molar-refractivity contribution in [1.82, 2.24) is 4.57 Å². The number of amides is 1. The molecule has 0 bridgehead atoms. The van der Waals surface area contributed by atoms with Crippen LogP contribution in [-0.2, 0) is 4.79 Å². The Morgan fingerprint density at radius 1 is 1.40 bits per heavy atom. The molecular weight excluding hydrogens is 286 g/mol. The van der Waals surface area contributed by atoms with Crippen molar-refractivity contribution in [2.75, 3.05) is 0 Å². The molecule has 1 aromatic carbocycles. The fourth-order valence-electron chi connectivity index (χ4n) is 1.93. The van der Waals surface area contributed by atoms with E-state index in [2.05, 4.69) is 0 Å². The number of rotatable bonds is 3. The van der Waals surface area contributed by atoms with Crippen molar-refractivity contribution in [3.8, 4) is 0 Å². The lowest BCUT2D eigenvalue weighted by atomic mass is 10.1. The molecule has 0 spiro atoms. The van der Waals surface area contributed by atoms with E-state index in [0.717, 1.165) is 4.57 Å². The van der Waals surface area contributed by atoms with Crippen molar-refractivity contribution in [3.63, 3.8) is 0 Å². The van der Waals surface area contributed by atoms with Crippen molar-refractivity contribution in [2.45, 2.75) is 13.0 Å². The van der Waals surface area contributed by atoms with E-state index in [1.807, 2.05) is 0 Å². The summed E-state index contributed by atoms with van der Waals surface area (Å²) < 4.78 is 1.13. The fraction of sp³-hybridized carbons (Fsp3) is 0.167. The number of nitro groups is 1. The average Bonchev–Trinajstić information content (AvgIpc) is 2.37. The molecule has 20 heavy (non-hydrogen) atoms. The van der Waals surface area contributed by atoms with Crippen LogP contribution in [0.4, 0.5) is 5.69 Å². The second kappa shape index (κ2) is 4.93. The number of hydrogen-bond donors (Lipinski definition) is 1. The lowest BCUT2D eigenvalue weighted by Gasteiger charge is -2.12. The lowest BCUT2D eigenvalue weighted by Crippen LogP contribution is -2.31. The molecule has 1 heterocycles. The molecule has 7 nitrogen and oxygen atoms in total. The first-order chi connectivity index (χ1) is 9.34. The Bertz CT molecular complexity index is 784. The highest BCUT2D eigenvalue weighted by Crippen LogP contribution is 2.31. The number of aromatic nitrogens is 1. The van der Waals surface area contributed by atoms with E-state index in [1.54, 1.807) is 0 Å². The molecule has 0 saturated carbocycles. The summed E-state index contributed by atoms with van der Waals surface area (Å²) in [6, 6.07) is 3.20. The third-order valence-electron chi connectivity index (χ3n) is 3.05. The average molecular weight is 296 g/mol. The van der Waals surface area contributed by atoms with Crippen LogP contribution in [0.15, 0.2) is 29.2 Å². The lowest BCUT2D eigenvalue weighted by molar-refractivity contribution is -0.382. The zero-order chi connectivity index (χ0) is 15.0. The Kier molecular flexibility index (Phi) is 3.46. The van der Waals surface area contributed by atoms with Crippen LogP contribution in [0.2, 0.25) is 5.02 Å². The number of carbonyl (C=O) groups is 1. The molecule has 2 aromatic rings. The van der Waals surface area contributed by atoms with E-state index in [1.165, 1.54) is 31.3 Å². The maximum absolute atomic E-state index is 12.2. The molecule has 1 atom stereocenters. The Balaban J connectivity index is 2.83. The molecule has 1 amide bonds. The van der Waals surface area contributed by atoms with Crippen molar-refractivity contribution in [2.24, 2.45) is 5.73 Å². The van der Waals surface area contributed by atoms with Crippen molar-refractivity contribution in [1.29, 1.82) is 0 Å². The van der Waals surface area contributed by atoms with E-state index in [4.69, 9.17) is 17.3 Å². The summed E-state index contributed by atoms with van der Waals surface area (Å²) in [5.74, 6) is -0.671. The summed E-state index contributed by atoms with van der Waals surface area (Å²) in [7, 11) is 0. The second-order valence-electron chi connectivity index (χ2n) is 4.22. The molecule has 0 aliphatic carbocycles. The first-order valence-corrected chi connectivity index (χ1v) is 5.99. The Labute approximate surface area is 117 Å². The van der Waals surface area contributed by atoms with Crippen molar-refractivity contribution < 1.29 is 9.72 Å². The van der Waals surface area contributed by atoms with Gasteiger partial charge in [0.15, 0.2) is 0 Å². The Morgan fingerprint density at radius 3 is 2.60 bits per heavy atom. The van der Waals surface area contributed by atoms with Crippen molar-refractivity contribution >= 4 is 34.0 Å². The zero-order valence-electron chi connectivity index (χ0n) is 10.4. The molecule has 0 unspecified atom stereocenters. The summed E-state index contributed by atoms with van der Waals surface area (Å²) >= 11 is 5.78. The maximum Gasteiger partial charge on any atom is 0.295 e. The first-order valence-electron chi connectivity index (χ1n) is 5.61. The Hall–Kier alpha value is -2.41. The second-order valence-corrected chi connectivity index (χ2v) is 4.63. The van der Waals surface area contributed by atoms with Crippen LogP contribution in [0.1, 0.15) is 13.0 Å². The summed E-state index contributed by atoms with van der Waals surface area (Å²) in [4.78, 5) is 33.8. The van der Waals surface area contributed by atoms with Gasteiger partial charge in [-0.3, -0.25) is 19.7 Å². The van der Waals surface area contributed by atoms with E-state index in [9.17, 15) is 19.7 Å². The van der Waals surface area contributed by atoms with E-state index < -0.39 is 22.4 Å². The van der Waals surface area contributed by atoms with Gasteiger partial charge in [-0.25, -0.2) is 0 Å². The minimum atomic E-state index is -0.846. The van der Waals surface area contributed by atoms with Gasteiger partial charge in [0.2, 0.25) is 5.91 Å². The van der Waals surface area contributed by atoms with Gasteiger partial charge in [-0.2, -0.15) is 0 Å². The molecule has 0 radical (unpaired) electrons. The fourth-order valence-corrected chi connectivity index (χ4v) is 2.16. The number of nitrogens with zero attached hydrogens (tertiary/aromatic N) is 2. The van der Waals surface area contributed by atoms with Gasteiger partial charge in [0, 0.05) is 6.20 Å². The highest BCUT2D eigenvalue weighted by molar-refractivity contribution is 6.34. The van der Waals surface area contributed by atoms with E-state index in [0.29, 0.717) is 0 Å². The number of pyridine rings is 1. The van der Waals surface area contributed by atoms with Crippen LogP contribution in [0.25, 0.3) is 10.8 Å². The third kappa shape index (κ3) is 2.12. The standard InChI is InChI=1S/C12H10ClN3O4/c1-6(11(14)17)15-5-4-7-8(12(15)18)2-3-9(13)10(7)16(19)20/h2-6H,1H3,(H2,14,17)/t6-/m1/s1. The van der Waals surface area contributed by atoms with Gasteiger partial charge in [0.1, 0.15) is 11.1 Å². The molecule has 2 rings (SSSR count). The summed E-state index contributed by atoms with van der Waals surface area (Å²) in [6.45, 7) is 1.47.